The van der Waals surface area contributed by atoms with Gasteiger partial charge in [0.05, 0.1) is 0 Å². The van der Waals surface area contributed by atoms with Crippen LogP contribution >= 0.6 is 0 Å². The smallest absolute Gasteiger partial charge is 0.331 e. The maximum atomic E-state index is 12.3. The Balaban J connectivity index is 1.99. The number of nitrogens with one attached hydrogen (secondary N) is 1. The topological polar surface area (TPSA) is 117 Å². The Hall–Kier alpha value is -2.89. The van der Waals surface area contributed by atoms with Crippen LogP contribution in [-0.4, -0.2) is 39.1 Å². The van der Waals surface area contributed by atoms with Crippen molar-refractivity contribution in [2.75, 3.05) is 13.1 Å². The van der Waals surface area contributed by atoms with E-state index < -0.39 is 29.7 Å². The summed E-state index contributed by atoms with van der Waals surface area (Å²) >= 11 is 0. The summed E-state index contributed by atoms with van der Waals surface area (Å²) in [5, 5.41) is 11.5. The van der Waals surface area contributed by atoms with Crippen LogP contribution in [0.3, 0.4) is 0 Å². The van der Waals surface area contributed by atoms with E-state index in [2.05, 4.69) is 5.32 Å². The summed E-state index contributed by atoms with van der Waals surface area (Å²) in [7, 11) is 0. The number of imide groups is 1. The van der Waals surface area contributed by atoms with E-state index in [1.54, 1.807) is 6.07 Å². The van der Waals surface area contributed by atoms with Crippen molar-refractivity contribution in [2.45, 2.75) is 25.4 Å². The zero-order chi connectivity index (χ0) is 15.9. The third-order valence-corrected chi connectivity index (χ3v) is 3.71. The van der Waals surface area contributed by atoms with Crippen molar-refractivity contribution < 1.29 is 9.59 Å². The molecule has 0 spiro atoms. The molecule has 9 nitrogen and oxygen atoms in total. The first-order valence-electron chi connectivity index (χ1n) is 6.87. The van der Waals surface area contributed by atoms with E-state index >= 15 is 0 Å². The molecule has 22 heavy (non-hydrogen) atoms. The van der Waals surface area contributed by atoms with E-state index in [0.29, 0.717) is 6.54 Å². The Labute approximate surface area is 124 Å². The maximum absolute atomic E-state index is 12.3. The molecule has 9 heteroatoms. The van der Waals surface area contributed by atoms with Crippen LogP contribution in [-0.2, 0) is 11.3 Å². The van der Waals surface area contributed by atoms with Gasteiger partial charge in [0, 0.05) is 25.3 Å². The van der Waals surface area contributed by atoms with Gasteiger partial charge in [0.15, 0.2) is 0 Å². The van der Waals surface area contributed by atoms with Crippen LogP contribution in [0.5, 0.6) is 0 Å². The molecule has 0 bridgehead atoms. The first kappa shape index (κ1) is 14.1. The van der Waals surface area contributed by atoms with Crippen molar-refractivity contribution >= 4 is 11.9 Å². The molecular weight excluding hydrogens is 290 g/mol. The van der Waals surface area contributed by atoms with Gasteiger partial charge < -0.3 is 5.32 Å². The van der Waals surface area contributed by atoms with Crippen molar-refractivity contribution in [3.05, 3.63) is 32.6 Å². The predicted octanol–water partition coefficient (Wildman–Crippen LogP) is -1.23. The molecule has 2 aliphatic rings. The van der Waals surface area contributed by atoms with Crippen molar-refractivity contribution in [1.82, 2.24) is 19.4 Å². The van der Waals surface area contributed by atoms with Gasteiger partial charge in [-0.05, 0) is 12.8 Å². The Morgan fingerprint density at radius 2 is 2.09 bits per heavy atom. The van der Waals surface area contributed by atoms with Crippen molar-refractivity contribution in [3.63, 3.8) is 0 Å². The Morgan fingerprint density at radius 1 is 1.36 bits per heavy atom. The highest BCUT2D eigenvalue weighted by Gasteiger charge is 2.30. The second-order valence-corrected chi connectivity index (χ2v) is 5.24. The molecule has 3 amide bonds. The van der Waals surface area contributed by atoms with Gasteiger partial charge in [-0.15, -0.1) is 0 Å². The minimum Gasteiger partial charge on any atom is -0.336 e. The average molecular weight is 303 g/mol. The number of aromatic nitrogens is 2. The number of rotatable bonds is 3. The molecule has 1 saturated carbocycles. The number of nitrogens with zero attached hydrogens (tertiary/aromatic N) is 4. The van der Waals surface area contributed by atoms with Gasteiger partial charge in [-0.2, -0.15) is 5.26 Å². The lowest BCUT2D eigenvalue weighted by atomic mass is 10.3. The lowest BCUT2D eigenvalue weighted by Gasteiger charge is -2.14. The highest BCUT2D eigenvalue weighted by Crippen LogP contribution is 2.33. The first-order chi connectivity index (χ1) is 10.5. The van der Waals surface area contributed by atoms with Gasteiger partial charge in [-0.3, -0.25) is 19.1 Å². The van der Waals surface area contributed by atoms with Crippen LogP contribution in [0.2, 0.25) is 0 Å². The summed E-state index contributed by atoms with van der Waals surface area (Å²) in [6.07, 6.45) is 2.84. The molecule has 0 radical (unpaired) electrons. The lowest BCUT2D eigenvalue weighted by Crippen LogP contribution is -2.46. The molecule has 1 aromatic heterocycles. The summed E-state index contributed by atoms with van der Waals surface area (Å²) in [5.41, 5.74) is -1.62. The molecule has 0 unspecified atom stereocenters. The third-order valence-electron chi connectivity index (χ3n) is 3.71. The van der Waals surface area contributed by atoms with Crippen molar-refractivity contribution in [3.8, 4) is 6.07 Å². The predicted molar refractivity (Wildman–Crippen MR) is 73.1 cm³/mol. The average Bonchev–Trinajstić information content (AvgIpc) is 3.24. The molecule has 1 aromatic rings. The van der Waals surface area contributed by atoms with Crippen LogP contribution < -0.4 is 16.6 Å². The van der Waals surface area contributed by atoms with E-state index in [9.17, 15) is 19.2 Å². The maximum Gasteiger partial charge on any atom is 0.331 e. The first-order valence-corrected chi connectivity index (χ1v) is 6.87. The minimum absolute atomic E-state index is 0.0309. The molecule has 0 aromatic carbocycles. The van der Waals surface area contributed by atoms with Crippen LogP contribution in [0.15, 0.2) is 15.8 Å². The molecule has 114 valence electrons. The third kappa shape index (κ3) is 2.28. The molecule has 1 aliphatic heterocycles. The van der Waals surface area contributed by atoms with Crippen LogP contribution in [0.1, 0.15) is 24.4 Å². The molecule has 2 fully saturated rings. The van der Waals surface area contributed by atoms with E-state index in [1.807, 2.05) is 0 Å². The summed E-state index contributed by atoms with van der Waals surface area (Å²) in [6, 6.07) is 1.16. The van der Waals surface area contributed by atoms with Crippen LogP contribution in [0.25, 0.3) is 0 Å². The normalized spacial score (nSPS) is 17.2. The number of hydrogen-bond donors (Lipinski definition) is 1. The van der Waals surface area contributed by atoms with Crippen LogP contribution in [0, 0.1) is 11.3 Å². The van der Waals surface area contributed by atoms with Gasteiger partial charge in [0.25, 0.3) is 11.5 Å². The molecular formula is C13H13N5O4. The minimum atomic E-state index is -0.808. The van der Waals surface area contributed by atoms with Crippen molar-refractivity contribution in [1.29, 1.82) is 5.26 Å². The molecule has 1 N–H and O–H groups in total. The zero-order valence-corrected chi connectivity index (χ0v) is 11.6. The summed E-state index contributed by atoms with van der Waals surface area (Å²) in [6.45, 7) is -0.0154. The summed E-state index contributed by atoms with van der Waals surface area (Å²) in [5.74, 6) is -0.647. The fourth-order valence-electron chi connectivity index (χ4n) is 2.38. The zero-order valence-electron chi connectivity index (χ0n) is 11.6. The molecule has 1 aliphatic carbocycles. The summed E-state index contributed by atoms with van der Waals surface area (Å²) < 4.78 is 2.04. The van der Waals surface area contributed by atoms with E-state index in [1.165, 1.54) is 10.8 Å². The van der Waals surface area contributed by atoms with Gasteiger partial charge in [0.1, 0.15) is 18.2 Å². The van der Waals surface area contributed by atoms with E-state index in [-0.39, 0.29) is 18.2 Å². The largest absolute Gasteiger partial charge is 0.336 e. The monoisotopic (exact) mass is 303 g/mol. The number of urea groups is 1. The van der Waals surface area contributed by atoms with E-state index in [4.69, 9.17) is 5.26 Å². The second kappa shape index (κ2) is 5.14. The number of nitriles is 1. The van der Waals surface area contributed by atoms with Gasteiger partial charge in [-0.25, -0.2) is 14.2 Å². The molecule has 0 atom stereocenters. The van der Waals surface area contributed by atoms with Gasteiger partial charge >= 0.3 is 11.7 Å². The number of hydrogen-bond acceptors (Lipinski definition) is 5. The Kier molecular flexibility index (Phi) is 3.29. The highest BCUT2D eigenvalue weighted by molar-refractivity contribution is 5.95. The standard InChI is InChI=1S/C13H13N5O4/c14-5-8-6-17(9-1-2-9)13(22)18(11(8)20)7-10(19)16-4-3-15-12(16)21/h6,9H,1-4,7H2,(H,15,21). The van der Waals surface area contributed by atoms with Crippen molar-refractivity contribution in [2.24, 2.45) is 0 Å². The summed E-state index contributed by atoms with van der Waals surface area (Å²) in [4.78, 5) is 48.9. The second-order valence-electron chi connectivity index (χ2n) is 5.24. The number of carbonyl (C=O) groups excluding carboxylic acids is 2. The van der Waals surface area contributed by atoms with Gasteiger partial charge in [-0.1, -0.05) is 0 Å². The molecule has 1 saturated heterocycles. The molecule has 3 rings (SSSR count). The molecule has 2 heterocycles. The Morgan fingerprint density at radius 3 is 2.64 bits per heavy atom. The number of carbonyl (C=O) groups is 2. The highest BCUT2D eigenvalue weighted by atomic mass is 16.2. The fourth-order valence-corrected chi connectivity index (χ4v) is 2.38. The van der Waals surface area contributed by atoms with Crippen LogP contribution in [0.4, 0.5) is 4.79 Å². The fraction of sp³-hybridized carbons (Fsp3) is 0.462. The van der Waals surface area contributed by atoms with Gasteiger partial charge in [0.2, 0.25) is 0 Å². The number of amides is 3. The quantitative estimate of drug-likeness (QED) is 0.750. The van der Waals surface area contributed by atoms with E-state index in [0.717, 1.165) is 22.3 Å². The SMILES string of the molecule is N#Cc1cn(C2CC2)c(=O)n(CC(=O)N2CCNC2=O)c1=O. The Bertz CT molecular complexity index is 811. The lowest BCUT2D eigenvalue weighted by molar-refractivity contribution is -0.128.